The van der Waals surface area contributed by atoms with Crippen molar-refractivity contribution >= 4 is 29.2 Å². The molecule has 0 aliphatic rings. The third-order valence-corrected chi connectivity index (χ3v) is 4.65. The van der Waals surface area contributed by atoms with Crippen LogP contribution in [-0.4, -0.2) is 5.97 Å². The molecule has 0 heterocycles. The number of esters is 1. The maximum atomic E-state index is 12.1. The number of carbonyl (C=O) groups excluding carboxylic acids is 1. The molecule has 0 fully saturated rings. The summed E-state index contributed by atoms with van der Waals surface area (Å²) in [5.74, 6) is 0.211. The zero-order valence-corrected chi connectivity index (χ0v) is 16.8. The van der Waals surface area contributed by atoms with Crippen molar-refractivity contribution in [2.24, 2.45) is 0 Å². The summed E-state index contributed by atoms with van der Waals surface area (Å²) in [5.41, 5.74) is 4.40. The molecule has 0 saturated carbocycles. The van der Waals surface area contributed by atoms with Gasteiger partial charge < -0.3 is 4.74 Å². The van der Waals surface area contributed by atoms with Gasteiger partial charge in [-0.2, -0.15) is 5.26 Å². The molecule has 3 nitrogen and oxygen atoms in total. The van der Waals surface area contributed by atoms with E-state index in [1.54, 1.807) is 30.3 Å². The number of allylic oxidation sites excluding steroid dienone is 1. The van der Waals surface area contributed by atoms with Crippen molar-refractivity contribution in [3.63, 3.8) is 0 Å². The van der Waals surface area contributed by atoms with Crippen LogP contribution in [0.25, 0.3) is 11.6 Å². The van der Waals surface area contributed by atoms with Crippen molar-refractivity contribution in [2.75, 3.05) is 0 Å². The van der Waals surface area contributed by atoms with E-state index in [2.05, 4.69) is 6.07 Å². The van der Waals surface area contributed by atoms with Gasteiger partial charge in [0.25, 0.3) is 0 Å². The molecule has 0 radical (unpaired) electrons. The summed E-state index contributed by atoms with van der Waals surface area (Å²) < 4.78 is 5.40. The first kappa shape index (κ1) is 20.4. The number of aryl methyl sites for hydroxylation is 2. The molecule has 0 aromatic heterocycles. The monoisotopic (exact) mass is 401 g/mol. The highest BCUT2D eigenvalue weighted by Crippen LogP contribution is 2.22. The second-order valence-corrected chi connectivity index (χ2v) is 7.15. The van der Waals surface area contributed by atoms with Gasteiger partial charge in [0.2, 0.25) is 0 Å². The second-order valence-electron chi connectivity index (χ2n) is 6.71. The van der Waals surface area contributed by atoms with Gasteiger partial charge in [-0.3, -0.25) is 4.79 Å². The SMILES string of the molecule is Cc1ccc(CCC(=O)Oc2ccc(/C=C(/C#N)c3cccc(Cl)c3)cc2)cc1. The van der Waals surface area contributed by atoms with E-state index < -0.39 is 0 Å². The Morgan fingerprint density at radius 2 is 1.79 bits per heavy atom. The Morgan fingerprint density at radius 1 is 1.07 bits per heavy atom. The molecule has 0 aliphatic heterocycles. The molecule has 0 atom stereocenters. The molecule has 3 rings (SSSR count). The average Bonchev–Trinajstić information content (AvgIpc) is 2.73. The van der Waals surface area contributed by atoms with E-state index in [1.807, 2.05) is 55.5 Å². The van der Waals surface area contributed by atoms with Crippen molar-refractivity contribution in [1.29, 1.82) is 5.26 Å². The zero-order chi connectivity index (χ0) is 20.6. The molecule has 0 saturated heterocycles. The number of hydrogen-bond donors (Lipinski definition) is 0. The van der Waals surface area contributed by atoms with E-state index in [-0.39, 0.29) is 5.97 Å². The molecule has 0 amide bonds. The van der Waals surface area contributed by atoms with Gasteiger partial charge in [0.05, 0.1) is 11.6 Å². The van der Waals surface area contributed by atoms with Crippen LogP contribution in [0.5, 0.6) is 5.75 Å². The van der Waals surface area contributed by atoms with Crippen LogP contribution in [0.1, 0.15) is 28.7 Å². The predicted octanol–water partition coefficient (Wildman–Crippen LogP) is 6.25. The fraction of sp³-hybridized carbons (Fsp3) is 0.120. The number of nitrogens with zero attached hydrogens (tertiary/aromatic N) is 1. The van der Waals surface area contributed by atoms with E-state index in [0.29, 0.717) is 29.2 Å². The van der Waals surface area contributed by atoms with Crippen LogP contribution in [0.4, 0.5) is 0 Å². The van der Waals surface area contributed by atoms with Gasteiger partial charge in [0.15, 0.2) is 0 Å². The van der Waals surface area contributed by atoms with Crippen LogP contribution in [0.3, 0.4) is 0 Å². The second kappa shape index (κ2) is 9.73. The van der Waals surface area contributed by atoms with E-state index in [4.69, 9.17) is 16.3 Å². The molecular formula is C25H20ClNO2. The van der Waals surface area contributed by atoms with Gasteiger partial charge in [-0.1, -0.05) is 65.7 Å². The zero-order valence-electron chi connectivity index (χ0n) is 16.1. The lowest BCUT2D eigenvalue weighted by atomic mass is 10.0. The molecule has 0 unspecified atom stereocenters. The minimum absolute atomic E-state index is 0.273. The third-order valence-electron chi connectivity index (χ3n) is 4.42. The molecule has 3 aromatic rings. The lowest BCUT2D eigenvalue weighted by Gasteiger charge is -2.06. The molecule has 144 valence electrons. The lowest BCUT2D eigenvalue weighted by Crippen LogP contribution is -2.09. The highest BCUT2D eigenvalue weighted by molar-refractivity contribution is 6.30. The summed E-state index contributed by atoms with van der Waals surface area (Å²) >= 11 is 6.00. The first-order chi connectivity index (χ1) is 14.0. The number of halogens is 1. The Labute approximate surface area is 175 Å². The first-order valence-corrected chi connectivity index (χ1v) is 9.65. The summed E-state index contributed by atoms with van der Waals surface area (Å²) in [6, 6.07) is 24.5. The van der Waals surface area contributed by atoms with Gasteiger partial charge in [-0.25, -0.2) is 0 Å². The number of ether oxygens (including phenoxy) is 1. The number of hydrogen-bond acceptors (Lipinski definition) is 3. The maximum absolute atomic E-state index is 12.1. The van der Waals surface area contributed by atoms with Crippen LogP contribution < -0.4 is 4.74 Å². The fourth-order valence-corrected chi connectivity index (χ4v) is 3.01. The molecular weight excluding hydrogens is 382 g/mol. The Balaban J connectivity index is 1.61. The summed E-state index contributed by atoms with van der Waals surface area (Å²) in [7, 11) is 0. The highest BCUT2D eigenvalue weighted by atomic mass is 35.5. The van der Waals surface area contributed by atoms with Crippen molar-refractivity contribution in [1.82, 2.24) is 0 Å². The smallest absolute Gasteiger partial charge is 0.311 e. The minimum atomic E-state index is -0.273. The van der Waals surface area contributed by atoms with E-state index in [9.17, 15) is 10.1 Å². The quantitative estimate of drug-likeness (QED) is 0.212. The van der Waals surface area contributed by atoms with Crippen molar-refractivity contribution < 1.29 is 9.53 Å². The molecule has 4 heteroatoms. The van der Waals surface area contributed by atoms with Crippen molar-refractivity contribution in [3.05, 3.63) is 100 Å². The van der Waals surface area contributed by atoms with Gasteiger partial charge in [-0.15, -0.1) is 0 Å². The Kier molecular flexibility index (Phi) is 6.84. The molecule has 0 N–H and O–H groups in total. The van der Waals surface area contributed by atoms with Gasteiger partial charge in [0, 0.05) is 11.4 Å². The van der Waals surface area contributed by atoms with Crippen LogP contribution >= 0.6 is 11.6 Å². The van der Waals surface area contributed by atoms with Crippen molar-refractivity contribution in [3.8, 4) is 11.8 Å². The van der Waals surface area contributed by atoms with Gasteiger partial charge in [0.1, 0.15) is 5.75 Å². The molecule has 0 aliphatic carbocycles. The topological polar surface area (TPSA) is 50.1 Å². The van der Waals surface area contributed by atoms with Crippen LogP contribution in [-0.2, 0) is 11.2 Å². The Morgan fingerprint density at radius 3 is 2.45 bits per heavy atom. The van der Waals surface area contributed by atoms with E-state index >= 15 is 0 Å². The molecule has 3 aromatic carbocycles. The van der Waals surface area contributed by atoms with Gasteiger partial charge in [-0.05, 0) is 60.4 Å². The van der Waals surface area contributed by atoms with E-state index in [0.717, 1.165) is 16.7 Å². The van der Waals surface area contributed by atoms with Crippen LogP contribution in [0.2, 0.25) is 5.02 Å². The highest BCUT2D eigenvalue weighted by Gasteiger charge is 2.06. The lowest BCUT2D eigenvalue weighted by molar-refractivity contribution is -0.134. The van der Waals surface area contributed by atoms with Crippen LogP contribution in [0.15, 0.2) is 72.8 Å². The molecule has 29 heavy (non-hydrogen) atoms. The summed E-state index contributed by atoms with van der Waals surface area (Å²) in [4.78, 5) is 12.1. The molecule has 0 spiro atoms. The standard InChI is InChI=1S/C25H20ClNO2/c1-18-5-7-19(8-6-18)11-14-25(28)29-24-12-9-20(10-13-24)15-22(17-27)21-3-2-4-23(26)16-21/h2-10,12-13,15-16H,11,14H2,1H3/b22-15-. The van der Waals surface area contributed by atoms with Crippen LogP contribution in [0, 0.1) is 18.3 Å². The summed E-state index contributed by atoms with van der Waals surface area (Å²) in [6.07, 6.45) is 2.73. The average molecular weight is 402 g/mol. The summed E-state index contributed by atoms with van der Waals surface area (Å²) in [6.45, 7) is 2.03. The molecule has 0 bridgehead atoms. The fourth-order valence-electron chi connectivity index (χ4n) is 2.82. The maximum Gasteiger partial charge on any atom is 0.311 e. The number of nitriles is 1. The van der Waals surface area contributed by atoms with Crippen molar-refractivity contribution in [2.45, 2.75) is 19.8 Å². The normalized spacial score (nSPS) is 11.0. The predicted molar refractivity (Wildman–Crippen MR) is 117 cm³/mol. The number of carbonyl (C=O) groups is 1. The number of rotatable bonds is 6. The number of benzene rings is 3. The first-order valence-electron chi connectivity index (χ1n) is 9.27. The summed E-state index contributed by atoms with van der Waals surface area (Å²) in [5, 5.41) is 10.0. The minimum Gasteiger partial charge on any atom is -0.427 e. The largest absolute Gasteiger partial charge is 0.427 e. The Hall–Kier alpha value is -3.35. The third kappa shape index (κ3) is 6.07. The van der Waals surface area contributed by atoms with E-state index in [1.165, 1.54) is 5.56 Å². The van der Waals surface area contributed by atoms with Gasteiger partial charge >= 0.3 is 5.97 Å². The Bertz CT molecular complexity index is 1060.